The van der Waals surface area contributed by atoms with E-state index in [2.05, 4.69) is 42.7 Å². The Kier molecular flexibility index (Phi) is 10.3. The highest BCUT2D eigenvalue weighted by molar-refractivity contribution is 14.0. The second-order valence-electron chi connectivity index (χ2n) is 6.56. The molecule has 1 aliphatic rings. The van der Waals surface area contributed by atoms with Crippen LogP contribution in [-0.4, -0.2) is 50.3 Å². The minimum atomic E-state index is 0. The molecule has 1 aliphatic carbocycles. The zero-order valence-electron chi connectivity index (χ0n) is 14.2. The van der Waals surface area contributed by atoms with Crippen molar-refractivity contribution in [3.63, 3.8) is 0 Å². The van der Waals surface area contributed by atoms with Crippen LogP contribution in [0, 0.1) is 5.41 Å². The molecule has 6 heteroatoms. The number of ether oxygens (including phenoxy) is 1. The maximum Gasteiger partial charge on any atom is 0.191 e. The average molecular weight is 429 g/mol. The Balaban J connectivity index is 0.00000400. The number of hydrogen-bond acceptors (Lipinski definition) is 3. The van der Waals surface area contributed by atoms with E-state index >= 15 is 0 Å². The maximum atomic E-state index is 5.57. The largest absolute Gasteiger partial charge is 0.379 e. The quantitative estimate of drug-likeness (QED) is 0.401. The van der Waals surface area contributed by atoms with E-state index in [4.69, 9.17) is 4.74 Å². The topological polar surface area (TPSA) is 45.7 Å². The van der Waals surface area contributed by atoms with Crippen molar-refractivity contribution in [3.8, 4) is 0 Å². The number of thioether (sulfide) groups is 1. The van der Waals surface area contributed by atoms with Crippen LogP contribution in [0.3, 0.4) is 0 Å². The van der Waals surface area contributed by atoms with E-state index in [1.54, 1.807) is 7.11 Å². The second-order valence-corrected chi connectivity index (χ2v) is 7.69. The standard InChI is InChI=1S/C15H31N3OS.HI/c1-15(2,3)13(19-5)10-17-14(16-4)18-11-7-8-12(9-11)20-6;/h11-13H,7-10H2,1-6H3,(H2,16,17,18);1H. The summed E-state index contributed by atoms with van der Waals surface area (Å²) in [6, 6.07) is 0.550. The molecule has 0 amide bonds. The van der Waals surface area contributed by atoms with E-state index in [9.17, 15) is 0 Å². The molecule has 0 aliphatic heterocycles. The van der Waals surface area contributed by atoms with Crippen molar-refractivity contribution in [2.75, 3.05) is 27.0 Å². The van der Waals surface area contributed by atoms with Crippen LogP contribution in [0.15, 0.2) is 4.99 Å². The highest BCUT2D eigenvalue weighted by atomic mass is 127. The highest BCUT2D eigenvalue weighted by Crippen LogP contribution is 2.28. The van der Waals surface area contributed by atoms with Gasteiger partial charge in [0.05, 0.1) is 6.10 Å². The Bertz CT molecular complexity index is 321. The molecule has 0 bridgehead atoms. The van der Waals surface area contributed by atoms with Crippen molar-refractivity contribution in [1.82, 2.24) is 10.6 Å². The molecule has 0 radical (unpaired) electrons. The van der Waals surface area contributed by atoms with Crippen LogP contribution in [0.5, 0.6) is 0 Å². The highest BCUT2D eigenvalue weighted by Gasteiger charge is 2.26. The zero-order valence-corrected chi connectivity index (χ0v) is 17.4. The smallest absolute Gasteiger partial charge is 0.191 e. The van der Waals surface area contributed by atoms with Gasteiger partial charge in [-0.15, -0.1) is 24.0 Å². The molecular weight excluding hydrogens is 397 g/mol. The number of halogens is 1. The van der Waals surface area contributed by atoms with Crippen LogP contribution in [0.4, 0.5) is 0 Å². The fourth-order valence-electron chi connectivity index (χ4n) is 2.61. The summed E-state index contributed by atoms with van der Waals surface area (Å²) in [7, 11) is 3.60. The van der Waals surface area contributed by atoms with E-state index in [1.807, 2.05) is 18.8 Å². The van der Waals surface area contributed by atoms with Gasteiger partial charge in [-0.1, -0.05) is 20.8 Å². The number of nitrogens with one attached hydrogen (secondary N) is 2. The Morgan fingerprint density at radius 2 is 2.05 bits per heavy atom. The maximum absolute atomic E-state index is 5.57. The molecule has 0 aromatic carbocycles. The lowest BCUT2D eigenvalue weighted by molar-refractivity contribution is 0.0205. The van der Waals surface area contributed by atoms with Crippen molar-refractivity contribution < 1.29 is 4.74 Å². The third kappa shape index (κ3) is 7.41. The predicted molar refractivity (Wildman–Crippen MR) is 105 cm³/mol. The first-order valence-electron chi connectivity index (χ1n) is 7.43. The lowest BCUT2D eigenvalue weighted by Gasteiger charge is -2.30. The van der Waals surface area contributed by atoms with Gasteiger partial charge in [0.1, 0.15) is 0 Å². The van der Waals surface area contributed by atoms with Gasteiger partial charge in [0.2, 0.25) is 0 Å². The third-order valence-corrected chi connectivity index (χ3v) is 5.08. The van der Waals surface area contributed by atoms with Crippen LogP contribution in [0.25, 0.3) is 0 Å². The second kappa shape index (κ2) is 10.2. The Hall–Kier alpha value is 0.310. The summed E-state index contributed by atoms with van der Waals surface area (Å²) in [5.74, 6) is 0.892. The molecule has 2 N–H and O–H groups in total. The average Bonchev–Trinajstić information content (AvgIpc) is 2.84. The fourth-order valence-corrected chi connectivity index (χ4v) is 3.40. The summed E-state index contributed by atoms with van der Waals surface area (Å²) in [6.07, 6.45) is 6.14. The van der Waals surface area contributed by atoms with Crippen molar-refractivity contribution in [2.24, 2.45) is 10.4 Å². The first-order chi connectivity index (χ1) is 9.40. The first kappa shape index (κ1) is 21.3. The van der Waals surface area contributed by atoms with Gasteiger partial charge in [-0.05, 0) is 30.9 Å². The Morgan fingerprint density at radius 1 is 1.38 bits per heavy atom. The minimum absolute atomic E-state index is 0. The summed E-state index contributed by atoms with van der Waals surface area (Å²) in [5, 5.41) is 7.72. The number of aliphatic imine (C=N–C) groups is 1. The van der Waals surface area contributed by atoms with Crippen LogP contribution < -0.4 is 10.6 Å². The van der Waals surface area contributed by atoms with E-state index in [0.717, 1.165) is 17.8 Å². The number of methoxy groups -OCH3 is 1. The van der Waals surface area contributed by atoms with Crippen molar-refractivity contribution >= 4 is 41.7 Å². The number of rotatable bonds is 5. The molecule has 1 rings (SSSR count). The molecule has 0 heterocycles. The predicted octanol–water partition coefficient (Wildman–Crippen LogP) is 3.11. The number of hydrogen-bond donors (Lipinski definition) is 2. The molecule has 4 nitrogen and oxygen atoms in total. The Morgan fingerprint density at radius 3 is 2.48 bits per heavy atom. The van der Waals surface area contributed by atoms with Gasteiger partial charge in [-0.2, -0.15) is 11.8 Å². The minimum Gasteiger partial charge on any atom is -0.379 e. The van der Waals surface area contributed by atoms with Crippen molar-refractivity contribution in [2.45, 2.75) is 57.4 Å². The van der Waals surface area contributed by atoms with Gasteiger partial charge in [0.15, 0.2) is 5.96 Å². The lowest BCUT2D eigenvalue weighted by atomic mass is 9.89. The van der Waals surface area contributed by atoms with E-state index < -0.39 is 0 Å². The summed E-state index contributed by atoms with van der Waals surface area (Å²) in [6.45, 7) is 7.36. The normalized spacial score (nSPS) is 24.4. The molecule has 1 fully saturated rings. The Labute approximate surface area is 151 Å². The van der Waals surface area contributed by atoms with Gasteiger partial charge < -0.3 is 15.4 Å². The molecule has 3 unspecified atom stereocenters. The molecular formula is C15H32IN3OS. The summed E-state index contributed by atoms with van der Waals surface area (Å²) in [5.41, 5.74) is 0.123. The van der Waals surface area contributed by atoms with Crippen LogP contribution in [-0.2, 0) is 4.74 Å². The van der Waals surface area contributed by atoms with Gasteiger partial charge in [0.25, 0.3) is 0 Å². The summed E-state index contributed by atoms with van der Waals surface area (Å²) >= 11 is 1.98. The van der Waals surface area contributed by atoms with E-state index in [1.165, 1.54) is 19.3 Å². The molecule has 0 saturated heterocycles. The summed E-state index contributed by atoms with van der Waals surface area (Å²) in [4.78, 5) is 4.32. The fraction of sp³-hybridized carbons (Fsp3) is 0.933. The van der Waals surface area contributed by atoms with Gasteiger partial charge in [-0.3, -0.25) is 4.99 Å². The monoisotopic (exact) mass is 429 g/mol. The van der Waals surface area contributed by atoms with Crippen molar-refractivity contribution in [1.29, 1.82) is 0 Å². The molecule has 0 spiro atoms. The zero-order chi connectivity index (χ0) is 15.2. The molecule has 0 aromatic rings. The van der Waals surface area contributed by atoms with Crippen LogP contribution in [0.1, 0.15) is 40.0 Å². The third-order valence-electron chi connectivity index (χ3n) is 3.99. The summed E-state index contributed by atoms with van der Waals surface area (Å²) < 4.78 is 5.57. The molecule has 0 aromatic heterocycles. The van der Waals surface area contributed by atoms with Gasteiger partial charge in [-0.25, -0.2) is 0 Å². The molecule has 3 atom stereocenters. The van der Waals surface area contributed by atoms with Gasteiger partial charge in [0, 0.05) is 32.0 Å². The molecule has 126 valence electrons. The van der Waals surface area contributed by atoms with Crippen LogP contribution >= 0.6 is 35.7 Å². The lowest BCUT2D eigenvalue weighted by Crippen LogP contribution is -2.47. The van der Waals surface area contributed by atoms with E-state index in [0.29, 0.717) is 6.04 Å². The first-order valence-corrected chi connectivity index (χ1v) is 8.72. The van der Waals surface area contributed by atoms with Crippen LogP contribution in [0.2, 0.25) is 0 Å². The number of guanidine groups is 1. The number of nitrogens with zero attached hydrogens (tertiary/aromatic N) is 1. The van der Waals surface area contributed by atoms with Gasteiger partial charge >= 0.3 is 0 Å². The molecule has 1 saturated carbocycles. The molecule has 21 heavy (non-hydrogen) atoms. The van der Waals surface area contributed by atoms with Crippen molar-refractivity contribution in [3.05, 3.63) is 0 Å². The SMILES string of the molecule is CN=C(NCC(OC)C(C)(C)C)NC1CCC(SC)C1.I. The van der Waals surface area contributed by atoms with E-state index in [-0.39, 0.29) is 35.5 Å².